The van der Waals surface area contributed by atoms with E-state index >= 15 is 0 Å². The average molecular weight is 725 g/mol. The standard InChI is InChI=1S/C37H22Br2F3N3/c38-25-14-16-31-29(19-25)28(22-8-3-1-4-9-22)21-33(44-31)35-34(23-10-5-2-6-11-23)30-20-26(39)15-17-32(30)45-36(35)43-27-13-7-12-24(18-27)37(40,41)42/h1-21H,(H,43,45). The maximum absolute atomic E-state index is 13.7. The number of halogens is 5. The van der Waals surface area contributed by atoms with Gasteiger partial charge in [0.1, 0.15) is 5.82 Å². The highest BCUT2D eigenvalue weighted by Gasteiger charge is 2.30. The van der Waals surface area contributed by atoms with Crippen LogP contribution in [0.5, 0.6) is 0 Å². The van der Waals surface area contributed by atoms with E-state index in [1.165, 1.54) is 6.07 Å². The first kappa shape index (κ1) is 29.2. The number of nitrogens with zero attached hydrogens (tertiary/aromatic N) is 2. The Kier molecular flexibility index (Phi) is 7.63. The van der Waals surface area contributed by atoms with Crippen LogP contribution in [0.25, 0.3) is 55.3 Å². The van der Waals surface area contributed by atoms with E-state index in [9.17, 15) is 13.2 Å². The molecule has 0 radical (unpaired) electrons. The fourth-order valence-electron chi connectivity index (χ4n) is 5.57. The summed E-state index contributed by atoms with van der Waals surface area (Å²) in [5.41, 5.74) is 6.03. The Morgan fingerprint density at radius 2 is 1.18 bits per heavy atom. The lowest BCUT2D eigenvalue weighted by molar-refractivity contribution is -0.137. The van der Waals surface area contributed by atoms with Gasteiger partial charge >= 0.3 is 6.18 Å². The third-order valence-electron chi connectivity index (χ3n) is 7.57. The van der Waals surface area contributed by atoms with Gasteiger partial charge < -0.3 is 5.32 Å². The summed E-state index contributed by atoms with van der Waals surface area (Å²) in [7, 11) is 0. The SMILES string of the molecule is FC(F)(F)c1cccc(Nc2nc3ccc(Br)cc3c(-c3ccccc3)c2-c2cc(-c3ccccc3)c3cc(Br)ccc3n2)c1. The van der Waals surface area contributed by atoms with Gasteiger partial charge in [0.15, 0.2) is 0 Å². The van der Waals surface area contributed by atoms with Crippen molar-refractivity contribution in [3.05, 3.63) is 142 Å². The molecule has 0 atom stereocenters. The van der Waals surface area contributed by atoms with Crippen LogP contribution in [0.4, 0.5) is 24.7 Å². The Labute approximate surface area is 274 Å². The van der Waals surface area contributed by atoms with Crippen molar-refractivity contribution < 1.29 is 13.2 Å². The molecule has 0 amide bonds. The van der Waals surface area contributed by atoms with Crippen LogP contribution in [0, 0.1) is 0 Å². The largest absolute Gasteiger partial charge is 0.416 e. The van der Waals surface area contributed by atoms with Crippen LogP contribution >= 0.6 is 31.9 Å². The Balaban J connectivity index is 1.58. The molecule has 8 heteroatoms. The van der Waals surface area contributed by atoms with Crippen LogP contribution in [-0.2, 0) is 6.18 Å². The zero-order valence-electron chi connectivity index (χ0n) is 23.4. The zero-order valence-corrected chi connectivity index (χ0v) is 26.6. The van der Waals surface area contributed by atoms with E-state index in [1.54, 1.807) is 6.07 Å². The molecule has 0 spiro atoms. The van der Waals surface area contributed by atoms with Crippen molar-refractivity contribution in [1.82, 2.24) is 9.97 Å². The molecule has 0 fully saturated rings. The van der Waals surface area contributed by atoms with E-state index in [0.717, 1.165) is 59.6 Å². The van der Waals surface area contributed by atoms with E-state index in [2.05, 4.69) is 49.3 Å². The van der Waals surface area contributed by atoms with Gasteiger partial charge in [-0.3, -0.25) is 0 Å². The molecular weight excluding hydrogens is 703 g/mol. The van der Waals surface area contributed by atoms with Crippen LogP contribution in [0.15, 0.2) is 136 Å². The molecule has 0 saturated heterocycles. The van der Waals surface area contributed by atoms with Gasteiger partial charge in [-0.05, 0) is 77.4 Å². The monoisotopic (exact) mass is 723 g/mol. The molecule has 0 saturated carbocycles. The first-order valence-corrected chi connectivity index (χ1v) is 15.6. The van der Waals surface area contributed by atoms with Crippen LogP contribution in [0.1, 0.15) is 5.56 Å². The van der Waals surface area contributed by atoms with Crippen LogP contribution in [0.2, 0.25) is 0 Å². The molecule has 220 valence electrons. The van der Waals surface area contributed by atoms with Crippen molar-refractivity contribution >= 4 is 65.2 Å². The van der Waals surface area contributed by atoms with E-state index in [1.807, 2.05) is 91.0 Å². The smallest absolute Gasteiger partial charge is 0.340 e. The average Bonchev–Trinajstić information content (AvgIpc) is 3.04. The second kappa shape index (κ2) is 11.8. The first-order chi connectivity index (χ1) is 21.7. The molecule has 0 bridgehead atoms. The van der Waals surface area contributed by atoms with Gasteiger partial charge in [0, 0.05) is 31.0 Å². The molecule has 0 aliphatic carbocycles. The van der Waals surface area contributed by atoms with Crippen LogP contribution < -0.4 is 5.32 Å². The minimum atomic E-state index is -4.49. The lowest BCUT2D eigenvalue weighted by Gasteiger charge is -2.20. The number of fused-ring (bicyclic) bond motifs is 2. The number of anilines is 2. The maximum atomic E-state index is 13.7. The second-order valence-electron chi connectivity index (χ2n) is 10.5. The van der Waals surface area contributed by atoms with Gasteiger partial charge in [-0.2, -0.15) is 13.2 Å². The molecule has 3 nitrogen and oxygen atoms in total. The van der Waals surface area contributed by atoms with E-state index in [4.69, 9.17) is 9.97 Å². The molecule has 7 rings (SSSR count). The fourth-order valence-corrected chi connectivity index (χ4v) is 6.29. The quantitative estimate of drug-likeness (QED) is 0.192. The third-order valence-corrected chi connectivity index (χ3v) is 8.56. The molecule has 1 N–H and O–H groups in total. The number of aromatic nitrogens is 2. The van der Waals surface area contributed by atoms with Gasteiger partial charge in [0.05, 0.1) is 27.9 Å². The topological polar surface area (TPSA) is 37.8 Å². The number of hydrogen-bond acceptors (Lipinski definition) is 3. The molecule has 45 heavy (non-hydrogen) atoms. The van der Waals surface area contributed by atoms with Crippen molar-refractivity contribution in [2.75, 3.05) is 5.32 Å². The molecule has 5 aromatic carbocycles. The van der Waals surface area contributed by atoms with Crippen molar-refractivity contribution in [1.29, 1.82) is 0 Å². The second-order valence-corrected chi connectivity index (χ2v) is 12.4. The summed E-state index contributed by atoms with van der Waals surface area (Å²) in [5, 5.41) is 5.08. The Morgan fingerprint density at radius 1 is 0.556 bits per heavy atom. The van der Waals surface area contributed by atoms with Gasteiger partial charge in [0.25, 0.3) is 0 Å². The number of alkyl halides is 3. The highest BCUT2D eigenvalue weighted by molar-refractivity contribution is 9.10. The number of nitrogens with one attached hydrogen (secondary N) is 1. The normalized spacial score (nSPS) is 11.7. The van der Waals surface area contributed by atoms with Gasteiger partial charge in [-0.1, -0.05) is 98.6 Å². The van der Waals surface area contributed by atoms with Crippen molar-refractivity contribution in [2.24, 2.45) is 0 Å². The minimum absolute atomic E-state index is 0.266. The summed E-state index contributed by atoms with van der Waals surface area (Å²) >= 11 is 7.25. The molecule has 2 aromatic heterocycles. The lowest BCUT2D eigenvalue weighted by atomic mass is 9.91. The summed E-state index contributed by atoms with van der Waals surface area (Å²) in [6.45, 7) is 0. The van der Waals surface area contributed by atoms with Crippen molar-refractivity contribution in [3.8, 4) is 33.5 Å². The maximum Gasteiger partial charge on any atom is 0.416 e. The third kappa shape index (κ3) is 5.83. The fraction of sp³-hybridized carbons (Fsp3) is 0.0270. The molecule has 0 aliphatic heterocycles. The van der Waals surface area contributed by atoms with Crippen LogP contribution in [-0.4, -0.2) is 9.97 Å². The predicted octanol–water partition coefficient (Wildman–Crippen LogP) is 12.1. The zero-order chi connectivity index (χ0) is 31.1. The lowest BCUT2D eigenvalue weighted by Crippen LogP contribution is -2.06. The number of rotatable bonds is 5. The molecule has 0 unspecified atom stereocenters. The first-order valence-electron chi connectivity index (χ1n) is 14.0. The van der Waals surface area contributed by atoms with Crippen molar-refractivity contribution in [3.63, 3.8) is 0 Å². The van der Waals surface area contributed by atoms with E-state index < -0.39 is 11.7 Å². The Morgan fingerprint density at radius 3 is 1.84 bits per heavy atom. The summed E-state index contributed by atoms with van der Waals surface area (Å²) in [6, 6.07) is 38.9. The molecule has 2 heterocycles. The van der Waals surface area contributed by atoms with E-state index in [-0.39, 0.29) is 5.69 Å². The Bertz CT molecular complexity index is 2200. The highest BCUT2D eigenvalue weighted by atomic mass is 79.9. The molecule has 7 aromatic rings. The summed E-state index contributed by atoms with van der Waals surface area (Å²) in [6.07, 6.45) is -4.49. The van der Waals surface area contributed by atoms with Gasteiger partial charge in [0.2, 0.25) is 0 Å². The molecular formula is C37H22Br2F3N3. The summed E-state index contributed by atoms with van der Waals surface area (Å²) < 4.78 is 42.9. The van der Waals surface area contributed by atoms with Crippen molar-refractivity contribution in [2.45, 2.75) is 6.18 Å². The van der Waals surface area contributed by atoms with E-state index in [0.29, 0.717) is 22.6 Å². The van der Waals surface area contributed by atoms with Crippen LogP contribution in [0.3, 0.4) is 0 Å². The Hall–Kier alpha value is -4.53. The number of pyridine rings is 2. The highest BCUT2D eigenvalue weighted by Crippen LogP contribution is 2.45. The summed E-state index contributed by atoms with van der Waals surface area (Å²) in [4.78, 5) is 10.2. The van der Waals surface area contributed by atoms with Gasteiger partial charge in [-0.15, -0.1) is 0 Å². The summed E-state index contributed by atoms with van der Waals surface area (Å²) in [5.74, 6) is 0.394. The number of benzene rings is 5. The number of hydrogen-bond donors (Lipinski definition) is 1. The minimum Gasteiger partial charge on any atom is -0.340 e. The predicted molar refractivity (Wildman–Crippen MR) is 183 cm³/mol. The van der Waals surface area contributed by atoms with Gasteiger partial charge in [-0.25, -0.2) is 9.97 Å². The molecule has 0 aliphatic rings.